The van der Waals surface area contributed by atoms with Crippen molar-refractivity contribution >= 4 is 0 Å². The molecule has 2 aromatic carbocycles. The minimum absolute atomic E-state index is 0.0969. The second-order valence-corrected chi connectivity index (χ2v) is 5.24. The Labute approximate surface area is 114 Å². The predicted molar refractivity (Wildman–Crippen MR) is 77.7 cm³/mol. The molecular weight excluding hydrogens is 237 g/mol. The van der Waals surface area contributed by atoms with E-state index in [-0.39, 0.29) is 11.9 Å². The smallest absolute Gasteiger partial charge is 0.123 e. The van der Waals surface area contributed by atoms with E-state index in [4.69, 9.17) is 5.73 Å². The molecule has 2 N–H and O–H groups in total. The summed E-state index contributed by atoms with van der Waals surface area (Å²) in [6.45, 7) is 6.11. The van der Waals surface area contributed by atoms with E-state index in [0.29, 0.717) is 6.42 Å². The monoisotopic (exact) mass is 257 g/mol. The molecule has 0 radical (unpaired) electrons. The highest BCUT2D eigenvalue weighted by molar-refractivity contribution is 5.35. The summed E-state index contributed by atoms with van der Waals surface area (Å²) in [5.74, 6) is -0.200. The normalized spacial score (nSPS) is 12.5. The zero-order chi connectivity index (χ0) is 14.0. The van der Waals surface area contributed by atoms with E-state index in [1.165, 1.54) is 17.2 Å². The van der Waals surface area contributed by atoms with Crippen LogP contribution in [0.2, 0.25) is 0 Å². The molecule has 2 rings (SSSR count). The van der Waals surface area contributed by atoms with Crippen molar-refractivity contribution < 1.29 is 4.39 Å². The Morgan fingerprint density at radius 2 is 1.68 bits per heavy atom. The lowest BCUT2D eigenvalue weighted by molar-refractivity contribution is 0.620. The van der Waals surface area contributed by atoms with Gasteiger partial charge >= 0.3 is 0 Å². The van der Waals surface area contributed by atoms with Crippen LogP contribution in [-0.2, 0) is 6.42 Å². The van der Waals surface area contributed by atoms with Crippen molar-refractivity contribution in [2.75, 3.05) is 0 Å². The second-order valence-electron chi connectivity index (χ2n) is 5.24. The van der Waals surface area contributed by atoms with E-state index >= 15 is 0 Å². The van der Waals surface area contributed by atoms with Gasteiger partial charge in [-0.15, -0.1) is 0 Å². The van der Waals surface area contributed by atoms with Crippen molar-refractivity contribution in [1.82, 2.24) is 0 Å². The summed E-state index contributed by atoms with van der Waals surface area (Å²) in [5, 5.41) is 0. The summed E-state index contributed by atoms with van der Waals surface area (Å²) in [5.41, 5.74) is 11.9. The maximum atomic E-state index is 13.3. The molecule has 0 aliphatic heterocycles. The molecule has 0 amide bonds. The molecule has 2 heteroatoms. The van der Waals surface area contributed by atoms with E-state index in [9.17, 15) is 4.39 Å². The maximum Gasteiger partial charge on any atom is 0.123 e. The van der Waals surface area contributed by atoms with Crippen LogP contribution in [0.25, 0.3) is 0 Å². The van der Waals surface area contributed by atoms with E-state index in [2.05, 4.69) is 32.0 Å². The van der Waals surface area contributed by atoms with Gasteiger partial charge in [-0.2, -0.15) is 0 Å². The Kier molecular flexibility index (Phi) is 4.01. The fourth-order valence-electron chi connectivity index (χ4n) is 2.37. The fourth-order valence-corrected chi connectivity index (χ4v) is 2.37. The molecule has 0 saturated carbocycles. The van der Waals surface area contributed by atoms with E-state index in [1.54, 1.807) is 12.1 Å². The van der Waals surface area contributed by atoms with Gasteiger partial charge < -0.3 is 5.73 Å². The summed E-state index contributed by atoms with van der Waals surface area (Å²) in [4.78, 5) is 0. The molecular formula is C17H20FN. The SMILES string of the molecule is Cc1ccc(C)c(C(N)Cc2cc(F)ccc2C)c1. The van der Waals surface area contributed by atoms with Crippen LogP contribution in [0.1, 0.15) is 33.9 Å². The van der Waals surface area contributed by atoms with Gasteiger partial charge in [0.1, 0.15) is 5.82 Å². The number of nitrogens with two attached hydrogens (primary N) is 1. The number of hydrogen-bond donors (Lipinski definition) is 1. The number of aryl methyl sites for hydroxylation is 3. The fraction of sp³-hybridized carbons (Fsp3) is 0.294. The minimum atomic E-state index is -0.200. The van der Waals surface area contributed by atoms with Gasteiger partial charge in [-0.1, -0.05) is 29.8 Å². The topological polar surface area (TPSA) is 26.0 Å². The van der Waals surface area contributed by atoms with E-state index in [1.807, 2.05) is 6.92 Å². The first-order valence-corrected chi connectivity index (χ1v) is 6.55. The highest BCUT2D eigenvalue weighted by Gasteiger charge is 2.12. The molecule has 0 fully saturated rings. The third-order valence-corrected chi connectivity index (χ3v) is 3.59. The first-order chi connectivity index (χ1) is 8.97. The Morgan fingerprint density at radius 3 is 2.42 bits per heavy atom. The summed E-state index contributed by atoms with van der Waals surface area (Å²) in [6.07, 6.45) is 0.661. The lowest BCUT2D eigenvalue weighted by Gasteiger charge is -2.17. The summed E-state index contributed by atoms with van der Waals surface area (Å²) in [6, 6.07) is 11.1. The standard InChI is InChI=1S/C17H20FN/c1-11-4-5-13(3)16(8-11)17(19)10-14-9-15(18)7-6-12(14)2/h4-9,17H,10,19H2,1-3H3. The number of rotatable bonds is 3. The van der Waals surface area contributed by atoms with Gasteiger partial charge in [-0.05, 0) is 61.6 Å². The minimum Gasteiger partial charge on any atom is -0.324 e. The van der Waals surface area contributed by atoms with E-state index in [0.717, 1.165) is 16.7 Å². The number of halogens is 1. The van der Waals surface area contributed by atoms with Gasteiger partial charge in [0.15, 0.2) is 0 Å². The molecule has 1 unspecified atom stereocenters. The van der Waals surface area contributed by atoms with Crippen LogP contribution >= 0.6 is 0 Å². The Balaban J connectivity index is 2.27. The predicted octanol–water partition coefficient (Wildman–Crippen LogP) is 3.99. The molecule has 0 saturated heterocycles. The average molecular weight is 257 g/mol. The van der Waals surface area contributed by atoms with Crippen molar-refractivity contribution in [3.63, 3.8) is 0 Å². The van der Waals surface area contributed by atoms with Crippen molar-refractivity contribution in [2.24, 2.45) is 5.73 Å². The molecule has 0 spiro atoms. The van der Waals surface area contributed by atoms with Crippen LogP contribution in [0.5, 0.6) is 0 Å². The Bertz CT molecular complexity index is 590. The Morgan fingerprint density at radius 1 is 1.00 bits per heavy atom. The van der Waals surface area contributed by atoms with Crippen LogP contribution in [0.15, 0.2) is 36.4 Å². The van der Waals surface area contributed by atoms with Crippen LogP contribution < -0.4 is 5.73 Å². The van der Waals surface area contributed by atoms with E-state index < -0.39 is 0 Å². The lowest BCUT2D eigenvalue weighted by Crippen LogP contribution is -2.15. The quantitative estimate of drug-likeness (QED) is 0.884. The molecule has 0 aliphatic carbocycles. The molecule has 1 atom stereocenters. The first kappa shape index (κ1) is 13.8. The molecule has 2 aromatic rings. The molecule has 19 heavy (non-hydrogen) atoms. The molecule has 0 aliphatic rings. The molecule has 100 valence electrons. The van der Waals surface area contributed by atoms with Crippen molar-refractivity contribution in [3.05, 3.63) is 70.0 Å². The third kappa shape index (κ3) is 3.21. The Hall–Kier alpha value is -1.67. The molecule has 1 nitrogen and oxygen atoms in total. The third-order valence-electron chi connectivity index (χ3n) is 3.59. The van der Waals surface area contributed by atoms with Gasteiger partial charge in [0.05, 0.1) is 0 Å². The van der Waals surface area contributed by atoms with Crippen molar-refractivity contribution in [1.29, 1.82) is 0 Å². The van der Waals surface area contributed by atoms with Gasteiger partial charge in [0.25, 0.3) is 0 Å². The zero-order valence-electron chi connectivity index (χ0n) is 11.7. The van der Waals surface area contributed by atoms with Crippen LogP contribution in [0.3, 0.4) is 0 Å². The number of hydrogen-bond acceptors (Lipinski definition) is 1. The summed E-state index contributed by atoms with van der Waals surface area (Å²) < 4.78 is 13.3. The highest BCUT2D eigenvalue weighted by Crippen LogP contribution is 2.23. The van der Waals surface area contributed by atoms with Crippen molar-refractivity contribution in [2.45, 2.75) is 33.2 Å². The largest absolute Gasteiger partial charge is 0.324 e. The zero-order valence-corrected chi connectivity index (χ0v) is 11.7. The van der Waals surface area contributed by atoms with Crippen LogP contribution in [-0.4, -0.2) is 0 Å². The maximum absolute atomic E-state index is 13.3. The van der Waals surface area contributed by atoms with Gasteiger partial charge in [0, 0.05) is 6.04 Å². The van der Waals surface area contributed by atoms with Crippen LogP contribution in [0.4, 0.5) is 4.39 Å². The highest BCUT2D eigenvalue weighted by atomic mass is 19.1. The van der Waals surface area contributed by atoms with Crippen LogP contribution in [0, 0.1) is 26.6 Å². The summed E-state index contributed by atoms with van der Waals surface area (Å²) >= 11 is 0. The lowest BCUT2D eigenvalue weighted by atomic mass is 9.93. The molecule has 0 heterocycles. The first-order valence-electron chi connectivity index (χ1n) is 6.55. The van der Waals surface area contributed by atoms with Crippen molar-refractivity contribution in [3.8, 4) is 0 Å². The molecule has 0 aromatic heterocycles. The van der Waals surface area contributed by atoms with Gasteiger partial charge in [-0.3, -0.25) is 0 Å². The van der Waals surface area contributed by atoms with Gasteiger partial charge in [-0.25, -0.2) is 4.39 Å². The second kappa shape index (κ2) is 5.54. The van der Waals surface area contributed by atoms with Gasteiger partial charge in [0.2, 0.25) is 0 Å². The summed E-state index contributed by atoms with van der Waals surface area (Å²) in [7, 11) is 0. The molecule has 0 bridgehead atoms. The average Bonchev–Trinajstić information content (AvgIpc) is 2.36. The number of benzene rings is 2.